The number of carbonyl (C=O) groups is 1. The lowest BCUT2D eigenvalue weighted by Crippen LogP contribution is -2.32. The van der Waals surface area contributed by atoms with Crippen LogP contribution in [0, 0.1) is 0 Å². The summed E-state index contributed by atoms with van der Waals surface area (Å²) in [5.41, 5.74) is 3.38. The number of amides is 1. The molecule has 1 aliphatic heterocycles. The van der Waals surface area contributed by atoms with Crippen molar-refractivity contribution in [1.82, 2.24) is 15.3 Å². The van der Waals surface area contributed by atoms with E-state index in [0.717, 1.165) is 35.3 Å². The Kier molecular flexibility index (Phi) is 3.90. The maximum Gasteiger partial charge on any atom is 0.261 e. The third-order valence-corrected chi connectivity index (χ3v) is 6.94. The van der Waals surface area contributed by atoms with Gasteiger partial charge in [-0.1, -0.05) is 12.5 Å². The molecular weight excluding hydrogens is 376 g/mol. The highest BCUT2D eigenvalue weighted by molar-refractivity contribution is 7.92. The standard InChI is InChI=1S/C20H20N4O3S/c25-20-16-11-15(6-4-12(16)8-9-21-20)28(26,27)24-14-5-7-17-18(10-14)23-19(22-17)13-2-1-3-13/h4-7,10-11,13,24H,1-3,8-9H2,(H,21,25)(H,22,23). The van der Waals surface area contributed by atoms with Crippen LogP contribution in [0.25, 0.3) is 11.0 Å². The van der Waals surface area contributed by atoms with E-state index in [-0.39, 0.29) is 10.8 Å². The van der Waals surface area contributed by atoms with Crippen molar-refractivity contribution in [2.75, 3.05) is 11.3 Å². The van der Waals surface area contributed by atoms with Crippen LogP contribution in [0.1, 0.15) is 46.9 Å². The number of rotatable bonds is 4. The van der Waals surface area contributed by atoms with Crippen LogP contribution >= 0.6 is 0 Å². The number of sulfonamides is 1. The highest BCUT2D eigenvalue weighted by Crippen LogP contribution is 2.35. The molecule has 1 aliphatic carbocycles. The van der Waals surface area contributed by atoms with Gasteiger partial charge in [-0.15, -0.1) is 0 Å². The molecule has 2 aliphatic rings. The second kappa shape index (κ2) is 6.34. The molecule has 0 unspecified atom stereocenters. The Hall–Kier alpha value is -2.87. The van der Waals surface area contributed by atoms with Crippen LogP contribution in [0.5, 0.6) is 0 Å². The number of aromatic nitrogens is 2. The van der Waals surface area contributed by atoms with E-state index in [9.17, 15) is 13.2 Å². The first-order valence-electron chi connectivity index (χ1n) is 9.43. The fraction of sp³-hybridized carbons (Fsp3) is 0.300. The van der Waals surface area contributed by atoms with Gasteiger partial charge in [0.1, 0.15) is 5.82 Å². The fourth-order valence-electron chi connectivity index (χ4n) is 3.74. The van der Waals surface area contributed by atoms with Crippen LogP contribution in [0.4, 0.5) is 5.69 Å². The molecule has 0 saturated heterocycles. The Morgan fingerprint density at radius 1 is 1.11 bits per heavy atom. The molecule has 0 bridgehead atoms. The Bertz CT molecular complexity index is 1200. The molecule has 0 atom stereocenters. The summed E-state index contributed by atoms with van der Waals surface area (Å²) in [7, 11) is -3.81. The van der Waals surface area contributed by atoms with E-state index in [4.69, 9.17) is 0 Å². The number of nitrogens with zero attached hydrogens (tertiary/aromatic N) is 1. The van der Waals surface area contributed by atoms with Gasteiger partial charge in [-0.25, -0.2) is 13.4 Å². The number of anilines is 1. The maximum atomic E-state index is 12.8. The number of nitrogens with one attached hydrogen (secondary N) is 3. The van der Waals surface area contributed by atoms with Gasteiger partial charge >= 0.3 is 0 Å². The summed E-state index contributed by atoms with van der Waals surface area (Å²) < 4.78 is 28.3. The largest absolute Gasteiger partial charge is 0.352 e. The summed E-state index contributed by atoms with van der Waals surface area (Å²) >= 11 is 0. The molecule has 1 aromatic heterocycles. The van der Waals surface area contributed by atoms with E-state index in [1.165, 1.54) is 12.5 Å². The van der Waals surface area contributed by atoms with Gasteiger partial charge in [0.2, 0.25) is 0 Å². The zero-order valence-corrected chi connectivity index (χ0v) is 16.0. The third kappa shape index (κ3) is 2.93. The molecule has 1 amide bonds. The van der Waals surface area contributed by atoms with Crippen molar-refractivity contribution < 1.29 is 13.2 Å². The molecule has 1 saturated carbocycles. The van der Waals surface area contributed by atoms with Crippen LogP contribution < -0.4 is 10.0 Å². The number of H-pyrrole nitrogens is 1. The zero-order chi connectivity index (χ0) is 19.3. The van der Waals surface area contributed by atoms with Crippen LogP contribution in [-0.2, 0) is 16.4 Å². The molecule has 7 nitrogen and oxygen atoms in total. The Labute approximate surface area is 162 Å². The van der Waals surface area contributed by atoms with Crippen LogP contribution in [0.3, 0.4) is 0 Å². The van der Waals surface area contributed by atoms with E-state index < -0.39 is 10.0 Å². The molecule has 5 rings (SSSR count). The molecule has 2 heterocycles. The van der Waals surface area contributed by atoms with Crippen molar-refractivity contribution in [2.45, 2.75) is 36.5 Å². The Morgan fingerprint density at radius 3 is 2.75 bits per heavy atom. The van der Waals surface area contributed by atoms with Crippen molar-refractivity contribution in [3.05, 3.63) is 53.3 Å². The van der Waals surface area contributed by atoms with E-state index >= 15 is 0 Å². The minimum Gasteiger partial charge on any atom is -0.352 e. The summed E-state index contributed by atoms with van der Waals surface area (Å²) in [4.78, 5) is 20.0. The lowest BCUT2D eigenvalue weighted by Gasteiger charge is -2.22. The highest BCUT2D eigenvalue weighted by Gasteiger charge is 2.24. The van der Waals surface area contributed by atoms with E-state index in [0.29, 0.717) is 30.1 Å². The van der Waals surface area contributed by atoms with E-state index in [2.05, 4.69) is 20.0 Å². The molecule has 0 radical (unpaired) electrons. The molecule has 144 valence electrons. The number of hydrogen-bond donors (Lipinski definition) is 3. The predicted molar refractivity (Wildman–Crippen MR) is 106 cm³/mol. The molecular formula is C20H20N4O3S. The summed E-state index contributed by atoms with van der Waals surface area (Å²) in [5, 5.41) is 2.74. The average molecular weight is 396 g/mol. The fourth-order valence-corrected chi connectivity index (χ4v) is 4.82. The SMILES string of the molecule is O=C1NCCc2ccc(S(=O)(=O)Nc3ccc4nc(C5CCC5)[nH]c4c3)cc21. The molecule has 2 aromatic carbocycles. The van der Waals surface area contributed by atoms with Crippen LogP contribution in [-0.4, -0.2) is 30.8 Å². The summed E-state index contributed by atoms with van der Waals surface area (Å²) in [5.74, 6) is 1.22. The molecule has 0 spiro atoms. The summed E-state index contributed by atoms with van der Waals surface area (Å²) in [6.45, 7) is 0.573. The minimum absolute atomic E-state index is 0.0724. The second-order valence-electron chi connectivity index (χ2n) is 7.41. The molecule has 3 aromatic rings. The van der Waals surface area contributed by atoms with Gasteiger partial charge in [0, 0.05) is 18.0 Å². The van der Waals surface area contributed by atoms with Gasteiger partial charge in [0.15, 0.2) is 0 Å². The smallest absolute Gasteiger partial charge is 0.261 e. The van der Waals surface area contributed by atoms with Gasteiger partial charge in [0.05, 0.1) is 21.6 Å². The first-order chi connectivity index (χ1) is 13.5. The van der Waals surface area contributed by atoms with Crippen molar-refractivity contribution in [1.29, 1.82) is 0 Å². The van der Waals surface area contributed by atoms with Crippen molar-refractivity contribution in [3.8, 4) is 0 Å². The first kappa shape index (κ1) is 17.2. The number of fused-ring (bicyclic) bond motifs is 2. The highest BCUT2D eigenvalue weighted by atomic mass is 32.2. The molecule has 28 heavy (non-hydrogen) atoms. The van der Waals surface area contributed by atoms with Gasteiger partial charge in [-0.2, -0.15) is 0 Å². The van der Waals surface area contributed by atoms with Crippen molar-refractivity contribution in [3.63, 3.8) is 0 Å². The molecule has 3 N–H and O–H groups in total. The second-order valence-corrected chi connectivity index (χ2v) is 9.09. The zero-order valence-electron chi connectivity index (χ0n) is 15.2. The maximum absolute atomic E-state index is 12.8. The predicted octanol–water partition coefficient (Wildman–Crippen LogP) is 2.92. The monoisotopic (exact) mass is 396 g/mol. The topological polar surface area (TPSA) is 104 Å². The van der Waals surface area contributed by atoms with Gasteiger partial charge in [-0.05, 0) is 55.2 Å². The molecule has 1 fully saturated rings. The molecule has 8 heteroatoms. The first-order valence-corrected chi connectivity index (χ1v) is 10.9. The minimum atomic E-state index is -3.81. The van der Waals surface area contributed by atoms with Gasteiger partial charge < -0.3 is 10.3 Å². The number of imidazole rings is 1. The van der Waals surface area contributed by atoms with Gasteiger partial charge in [-0.3, -0.25) is 9.52 Å². The van der Waals surface area contributed by atoms with Gasteiger partial charge in [0.25, 0.3) is 15.9 Å². The lowest BCUT2D eigenvalue weighted by atomic mass is 9.85. The Balaban J connectivity index is 1.44. The van der Waals surface area contributed by atoms with Crippen molar-refractivity contribution >= 4 is 32.7 Å². The summed E-state index contributed by atoms with van der Waals surface area (Å²) in [6, 6.07) is 9.97. The Morgan fingerprint density at radius 2 is 1.96 bits per heavy atom. The van der Waals surface area contributed by atoms with Crippen LogP contribution in [0.15, 0.2) is 41.3 Å². The third-order valence-electron chi connectivity index (χ3n) is 5.56. The summed E-state index contributed by atoms with van der Waals surface area (Å²) in [6.07, 6.45) is 4.22. The normalized spacial score (nSPS) is 17.1. The number of aromatic amines is 1. The quantitative estimate of drug-likeness (QED) is 0.631. The average Bonchev–Trinajstić information content (AvgIpc) is 3.02. The van der Waals surface area contributed by atoms with Crippen LogP contribution in [0.2, 0.25) is 0 Å². The number of carbonyl (C=O) groups excluding carboxylic acids is 1. The van der Waals surface area contributed by atoms with E-state index in [1.807, 2.05) is 6.07 Å². The lowest BCUT2D eigenvalue weighted by molar-refractivity contribution is 0.0945. The van der Waals surface area contributed by atoms with Crippen molar-refractivity contribution in [2.24, 2.45) is 0 Å². The number of hydrogen-bond acceptors (Lipinski definition) is 4. The van der Waals surface area contributed by atoms with E-state index in [1.54, 1.807) is 24.3 Å². The number of benzene rings is 2.